The number of hydrogen-bond acceptors (Lipinski definition) is 10. The van der Waals surface area contributed by atoms with E-state index in [1.807, 2.05) is 24.3 Å². The first kappa shape index (κ1) is 29.0. The summed E-state index contributed by atoms with van der Waals surface area (Å²) in [6.45, 7) is 0. The number of aromatic amines is 1. The van der Waals surface area contributed by atoms with Gasteiger partial charge in [-0.05, 0) is 48.0 Å². The minimum Gasteiger partial charge on any atom is -0.507 e. The van der Waals surface area contributed by atoms with Crippen molar-refractivity contribution in [2.45, 2.75) is 14.7 Å². The van der Waals surface area contributed by atoms with Crippen LogP contribution in [0.1, 0.15) is 11.4 Å². The van der Waals surface area contributed by atoms with Crippen molar-refractivity contribution in [2.24, 2.45) is 10.2 Å². The summed E-state index contributed by atoms with van der Waals surface area (Å²) in [7, 11) is -15.5. The van der Waals surface area contributed by atoms with Crippen molar-refractivity contribution in [3.63, 3.8) is 0 Å². The van der Waals surface area contributed by atoms with Crippen LogP contribution in [0.25, 0.3) is 34.0 Å². The van der Waals surface area contributed by atoms with E-state index in [0.29, 0.717) is 24.0 Å². The largest absolute Gasteiger partial charge is 0.507 e. The number of hydrogen-bond donors (Lipinski definition) is 5. The minimum atomic E-state index is -5.24. The van der Waals surface area contributed by atoms with Crippen molar-refractivity contribution in [3.05, 3.63) is 78.1 Å². The van der Waals surface area contributed by atoms with Gasteiger partial charge < -0.3 is 10.1 Å². The number of benzene rings is 4. The van der Waals surface area contributed by atoms with Crippen LogP contribution in [-0.4, -0.2) is 54.0 Å². The van der Waals surface area contributed by atoms with Crippen molar-refractivity contribution in [1.82, 2.24) is 9.97 Å². The van der Waals surface area contributed by atoms with E-state index in [1.165, 1.54) is 12.1 Å². The summed E-state index contributed by atoms with van der Waals surface area (Å²) in [5, 5.41) is 16.7. The fourth-order valence-corrected chi connectivity index (χ4v) is 6.09. The Kier molecular flexibility index (Phi) is 7.17. The van der Waals surface area contributed by atoms with Gasteiger partial charge in [0, 0.05) is 16.8 Å². The Morgan fingerprint density at radius 3 is 2.02 bits per heavy atom. The molecular weight excluding hydrogens is 612 g/mol. The first-order valence-electron chi connectivity index (χ1n) is 11.5. The maximum atomic E-state index is 12.1. The number of imidazole rings is 1. The Morgan fingerprint density at radius 1 is 0.738 bits per heavy atom. The van der Waals surface area contributed by atoms with Crippen LogP contribution in [0.15, 0.2) is 91.6 Å². The third kappa shape index (κ3) is 5.91. The van der Waals surface area contributed by atoms with Gasteiger partial charge in [-0.25, -0.2) is 4.98 Å². The van der Waals surface area contributed by atoms with Crippen molar-refractivity contribution in [3.8, 4) is 5.75 Å². The third-order valence-corrected chi connectivity index (χ3v) is 8.52. The normalized spacial score (nSPS) is 13.1. The van der Waals surface area contributed by atoms with Gasteiger partial charge >= 0.3 is 0 Å². The molecule has 17 heteroatoms. The molecule has 5 N–H and O–H groups in total. The lowest BCUT2D eigenvalue weighted by Crippen LogP contribution is -2.06. The SMILES string of the molecule is O=S(=O)(O)c1cc(S(=O)(=O)O)c2c(O)cc(S(=O)(=O)O)c(N=Nc3ccc(/C=C/c4nc5ccccc5[nH]4)cc3)c2c1. The molecule has 0 atom stereocenters. The monoisotopic (exact) mass is 630 g/mol. The van der Waals surface area contributed by atoms with Crippen LogP contribution in [0.4, 0.5) is 11.4 Å². The Bertz CT molecular complexity index is 2240. The highest BCUT2D eigenvalue weighted by atomic mass is 32.2. The maximum Gasteiger partial charge on any atom is 0.296 e. The van der Waals surface area contributed by atoms with E-state index in [9.17, 15) is 44.0 Å². The third-order valence-electron chi connectivity index (χ3n) is 5.94. The van der Waals surface area contributed by atoms with E-state index in [-0.39, 0.29) is 5.69 Å². The zero-order valence-corrected chi connectivity index (χ0v) is 23.3. The van der Waals surface area contributed by atoms with Crippen LogP contribution in [-0.2, 0) is 30.4 Å². The predicted octanol–water partition coefficient (Wildman–Crippen LogP) is 4.75. The zero-order valence-electron chi connectivity index (χ0n) is 20.8. The molecule has 0 spiro atoms. The quantitative estimate of drug-likeness (QED) is 0.121. The lowest BCUT2D eigenvalue weighted by atomic mass is 10.1. The first-order valence-corrected chi connectivity index (χ1v) is 15.8. The number of nitrogens with zero attached hydrogens (tertiary/aromatic N) is 3. The van der Waals surface area contributed by atoms with Crippen LogP contribution in [0.5, 0.6) is 5.75 Å². The van der Waals surface area contributed by atoms with Gasteiger partial charge in [-0.15, -0.1) is 5.11 Å². The molecule has 0 aliphatic heterocycles. The molecule has 0 saturated heterocycles. The molecule has 0 fully saturated rings. The van der Waals surface area contributed by atoms with Gasteiger partial charge in [0.05, 0.1) is 21.6 Å². The topological polar surface area (TPSA) is 237 Å². The smallest absolute Gasteiger partial charge is 0.296 e. The molecule has 0 bridgehead atoms. The van der Waals surface area contributed by atoms with Crippen molar-refractivity contribution >= 4 is 75.7 Å². The summed E-state index contributed by atoms with van der Waals surface area (Å²) in [5.41, 5.74) is 1.75. The Morgan fingerprint density at radius 2 is 1.40 bits per heavy atom. The standard InChI is InChI=1S/C25H18N4O10S3/c30-20-13-22(42(37,38)39)25(17-11-16(40(31,32)33)12-21(24(17)20)41(34,35)36)29-28-15-8-5-14(6-9-15)7-10-23-26-18-3-1-2-4-19(18)27-23/h1-13,30H,(H,26,27)(H,31,32,33)(H,34,35,36)(H,37,38,39)/b10-7+,29-28?. The molecule has 0 amide bonds. The average Bonchev–Trinajstić information content (AvgIpc) is 3.33. The van der Waals surface area contributed by atoms with Crippen molar-refractivity contribution in [2.75, 3.05) is 0 Å². The molecule has 5 aromatic rings. The number of fused-ring (bicyclic) bond motifs is 2. The van der Waals surface area contributed by atoms with E-state index in [4.69, 9.17) is 0 Å². The maximum absolute atomic E-state index is 12.1. The number of rotatable bonds is 7. The first-order chi connectivity index (χ1) is 19.6. The van der Waals surface area contributed by atoms with Crippen LogP contribution in [0, 0.1) is 0 Å². The second-order valence-corrected chi connectivity index (χ2v) is 13.0. The number of aromatic hydroxyl groups is 1. The van der Waals surface area contributed by atoms with E-state index in [0.717, 1.165) is 16.6 Å². The van der Waals surface area contributed by atoms with Gasteiger partial charge in [-0.1, -0.05) is 30.3 Å². The molecule has 0 aliphatic rings. The second-order valence-electron chi connectivity index (χ2n) is 8.78. The summed E-state index contributed by atoms with van der Waals surface area (Å²) in [6, 6.07) is 15.2. The fraction of sp³-hybridized carbons (Fsp3) is 0. The van der Waals surface area contributed by atoms with Crippen molar-refractivity contribution in [1.29, 1.82) is 0 Å². The Hall–Kier alpha value is -4.52. The number of azo groups is 1. The van der Waals surface area contributed by atoms with Crippen LogP contribution >= 0.6 is 0 Å². The minimum absolute atomic E-state index is 0.152. The molecule has 216 valence electrons. The summed E-state index contributed by atoms with van der Waals surface area (Å²) in [4.78, 5) is 4.28. The Labute approximate surface area is 238 Å². The van der Waals surface area contributed by atoms with Gasteiger partial charge in [0.1, 0.15) is 27.1 Å². The molecule has 0 aliphatic carbocycles. The molecule has 14 nitrogen and oxygen atoms in total. The lowest BCUT2D eigenvalue weighted by Gasteiger charge is -2.13. The summed E-state index contributed by atoms with van der Waals surface area (Å²) in [6.07, 6.45) is 3.51. The molecule has 42 heavy (non-hydrogen) atoms. The number of phenols is 1. The van der Waals surface area contributed by atoms with Gasteiger partial charge in [-0.2, -0.15) is 30.4 Å². The highest BCUT2D eigenvalue weighted by Gasteiger charge is 2.28. The number of aromatic nitrogens is 2. The van der Waals surface area contributed by atoms with Crippen LogP contribution < -0.4 is 0 Å². The predicted molar refractivity (Wildman–Crippen MR) is 151 cm³/mol. The highest BCUT2D eigenvalue weighted by molar-refractivity contribution is 7.87. The van der Waals surface area contributed by atoms with Gasteiger partial charge in [-0.3, -0.25) is 13.7 Å². The zero-order chi connectivity index (χ0) is 30.4. The molecule has 1 heterocycles. The number of para-hydroxylation sites is 2. The van der Waals surface area contributed by atoms with E-state index in [2.05, 4.69) is 20.2 Å². The number of nitrogens with one attached hydrogen (secondary N) is 1. The highest BCUT2D eigenvalue weighted by Crippen LogP contribution is 2.43. The van der Waals surface area contributed by atoms with E-state index >= 15 is 0 Å². The molecule has 4 aromatic carbocycles. The number of phenolic OH excluding ortho intramolecular Hbond substituents is 1. The van der Waals surface area contributed by atoms with E-state index < -0.39 is 67.3 Å². The van der Waals surface area contributed by atoms with Gasteiger partial charge in [0.2, 0.25) is 0 Å². The fourth-order valence-electron chi connectivity index (χ4n) is 4.08. The van der Waals surface area contributed by atoms with Crippen LogP contribution in [0.3, 0.4) is 0 Å². The number of H-pyrrole nitrogens is 1. The van der Waals surface area contributed by atoms with Crippen molar-refractivity contribution < 1.29 is 44.0 Å². The molecule has 1 aromatic heterocycles. The summed E-state index contributed by atoms with van der Waals surface area (Å²) < 4.78 is 101. The average molecular weight is 631 g/mol. The molecule has 0 saturated carbocycles. The second kappa shape index (κ2) is 10.4. The van der Waals surface area contributed by atoms with Gasteiger partial charge in [0.25, 0.3) is 30.4 Å². The van der Waals surface area contributed by atoms with Gasteiger partial charge in [0.15, 0.2) is 0 Å². The summed E-state index contributed by atoms with van der Waals surface area (Å²) >= 11 is 0. The molecule has 0 radical (unpaired) electrons. The molecular formula is C25H18N4O10S3. The Balaban J connectivity index is 1.59. The molecule has 5 rings (SSSR count). The van der Waals surface area contributed by atoms with Crippen LogP contribution in [0.2, 0.25) is 0 Å². The van der Waals surface area contributed by atoms with E-state index in [1.54, 1.807) is 24.3 Å². The molecule has 0 unspecified atom stereocenters. The lowest BCUT2D eigenvalue weighted by molar-refractivity contribution is 0.468. The summed E-state index contributed by atoms with van der Waals surface area (Å²) in [5.74, 6) is -0.447.